The summed E-state index contributed by atoms with van der Waals surface area (Å²) in [7, 11) is 0. The molecule has 0 bridgehead atoms. The second kappa shape index (κ2) is 9.58. The maximum atomic E-state index is 9.18. The van der Waals surface area contributed by atoms with Crippen LogP contribution in [-0.4, -0.2) is 59.5 Å². The van der Waals surface area contributed by atoms with Crippen LogP contribution in [0.15, 0.2) is 10.2 Å². The van der Waals surface area contributed by atoms with Gasteiger partial charge in [-0.05, 0) is 38.0 Å². The quantitative estimate of drug-likeness (QED) is 0.710. The van der Waals surface area contributed by atoms with Crippen molar-refractivity contribution in [3.05, 3.63) is 0 Å². The summed E-state index contributed by atoms with van der Waals surface area (Å²) in [6, 6.07) is 1.30. The fourth-order valence-corrected chi connectivity index (χ4v) is 3.97. The van der Waals surface area contributed by atoms with Crippen molar-refractivity contribution in [3.8, 4) is 0 Å². The van der Waals surface area contributed by atoms with Gasteiger partial charge in [-0.1, -0.05) is 26.2 Å². The molecule has 3 atom stereocenters. The summed E-state index contributed by atoms with van der Waals surface area (Å²) in [6.45, 7) is 3.91. The van der Waals surface area contributed by atoms with Gasteiger partial charge in [0, 0.05) is 19.1 Å². The number of hydrogen-bond acceptors (Lipinski definition) is 5. The van der Waals surface area contributed by atoms with E-state index >= 15 is 0 Å². The van der Waals surface area contributed by atoms with Gasteiger partial charge in [-0.25, -0.2) is 0 Å². The fraction of sp³-hybridized carbons (Fsp3) is 1.00. The lowest BCUT2D eigenvalue weighted by atomic mass is 9.82. The van der Waals surface area contributed by atoms with Crippen molar-refractivity contribution in [2.75, 3.05) is 26.3 Å². The van der Waals surface area contributed by atoms with Crippen LogP contribution in [0.4, 0.5) is 0 Å². The Balaban J connectivity index is 1.82. The number of aliphatic hydroxyl groups is 2. The minimum absolute atomic E-state index is 0.162. The maximum absolute atomic E-state index is 9.18. The summed E-state index contributed by atoms with van der Waals surface area (Å²) >= 11 is 0. The molecule has 0 amide bonds. The van der Waals surface area contributed by atoms with Crippen LogP contribution in [-0.2, 0) is 0 Å². The van der Waals surface area contributed by atoms with Gasteiger partial charge in [-0.2, -0.15) is 10.2 Å². The lowest BCUT2D eigenvalue weighted by Crippen LogP contribution is -2.44. The first kappa shape index (κ1) is 17.8. The molecular weight excluding hydrogens is 278 g/mol. The third kappa shape index (κ3) is 5.28. The Morgan fingerprint density at radius 1 is 0.909 bits per heavy atom. The minimum atomic E-state index is 0.162. The zero-order chi connectivity index (χ0) is 15.8. The fourth-order valence-electron chi connectivity index (χ4n) is 3.97. The Morgan fingerprint density at radius 2 is 1.59 bits per heavy atom. The molecule has 0 aromatic rings. The molecule has 5 heteroatoms. The zero-order valence-corrected chi connectivity index (χ0v) is 14.0. The molecule has 0 aliphatic heterocycles. The molecule has 0 aromatic heterocycles. The Bertz CT molecular complexity index is 326. The Labute approximate surface area is 134 Å². The first-order chi connectivity index (χ1) is 10.7. The van der Waals surface area contributed by atoms with Gasteiger partial charge in [0.25, 0.3) is 0 Å². The monoisotopic (exact) mass is 311 g/mol. The highest BCUT2D eigenvalue weighted by Gasteiger charge is 2.30. The summed E-state index contributed by atoms with van der Waals surface area (Å²) in [5.41, 5.74) is 0. The predicted molar refractivity (Wildman–Crippen MR) is 88.1 cm³/mol. The highest BCUT2D eigenvalue weighted by atomic mass is 16.3. The van der Waals surface area contributed by atoms with Gasteiger partial charge >= 0.3 is 0 Å². The summed E-state index contributed by atoms with van der Waals surface area (Å²) < 4.78 is 0. The second-order valence-corrected chi connectivity index (χ2v) is 7.02. The second-order valence-electron chi connectivity index (χ2n) is 7.02. The number of hydrogen-bond donors (Lipinski definition) is 2. The first-order valence-corrected chi connectivity index (χ1v) is 9.10. The van der Waals surface area contributed by atoms with E-state index in [4.69, 9.17) is 0 Å². The van der Waals surface area contributed by atoms with E-state index in [1.165, 1.54) is 32.1 Å². The van der Waals surface area contributed by atoms with E-state index in [2.05, 4.69) is 22.1 Å². The lowest BCUT2D eigenvalue weighted by molar-refractivity contribution is 0.0828. The molecule has 0 heterocycles. The molecule has 3 unspecified atom stereocenters. The van der Waals surface area contributed by atoms with Crippen LogP contribution in [0.3, 0.4) is 0 Å². The van der Waals surface area contributed by atoms with Gasteiger partial charge in [0.15, 0.2) is 0 Å². The van der Waals surface area contributed by atoms with E-state index in [1.807, 2.05) is 0 Å². The molecule has 22 heavy (non-hydrogen) atoms. The Morgan fingerprint density at radius 3 is 2.18 bits per heavy atom. The van der Waals surface area contributed by atoms with Gasteiger partial charge in [-0.15, -0.1) is 0 Å². The molecule has 2 rings (SSSR count). The summed E-state index contributed by atoms with van der Waals surface area (Å²) in [5, 5.41) is 27.7. The van der Waals surface area contributed by atoms with Gasteiger partial charge in [0.05, 0.1) is 25.3 Å². The van der Waals surface area contributed by atoms with E-state index in [1.54, 1.807) is 0 Å². The molecule has 0 spiro atoms. The van der Waals surface area contributed by atoms with E-state index in [0.29, 0.717) is 37.1 Å². The molecule has 2 fully saturated rings. The van der Waals surface area contributed by atoms with Crippen LogP contribution in [0.2, 0.25) is 0 Å². The molecule has 0 aromatic carbocycles. The largest absolute Gasteiger partial charge is 0.395 e. The van der Waals surface area contributed by atoms with Crippen molar-refractivity contribution >= 4 is 0 Å². The van der Waals surface area contributed by atoms with Crippen molar-refractivity contribution in [2.45, 2.75) is 76.4 Å². The van der Waals surface area contributed by atoms with Crippen molar-refractivity contribution in [2.24, 2.45) is 16.1 Å². The molecule has 5 nitrogen and oxygen atoms in total. The molecule has 2 saturated carbocycles. The molecule has 2 N–H and O–H groups in total. The van der Waals surface area contributed by atoms with E-state index in [9.17, 15) is 10.2 Å². The topological polar surface area (TPSA) is 68.4 Å². The van der Waals surface area contributed by atoms with Crippen LogP contribution in [0, 0.1) is 5.92 Å². The summed E-state index contributed by atoms with van der Waals surface area (Å²) in [5.74, 6) is 0.533. The van der Waals surface area contributed by atoms with Gasteiger partial charge in [-0.3, -0.25) is 4.90 Å². The Hall–Kier alpha value is -0.520. The van der Waals surface area contributed by atoms with E-state index in [-0.39, 0.29) is 13.2 Å². The third-order valence-electron chi connectivity index (χ3n) is 5.34. The van der Waals surface area contributed by atoms with Crippen LogP contribution >= 0.6 is 0 Å². The normalized spacial score (nSPS) is 31.2. The smallest absolute Gasteiger partial charge is 0.0735 e. The SMILES string of the molecule is CC1CC(N(CCO)CCO)CCC1N=NC1CCCCC1. The molecule has 0 radical (unpaired) electrons. The number of rotatable bonds is 7. The van der Waals surface area contributed by atoms with Gasteiger partial charge < -0.3 is 10.2 Å². The molecule has 0 saturated heterocycles. The molecule has 2 aliphatic carbocycles. The van der Waals surface area contributed by atoms with Crippen LogP contribution < -0.4 is 0 Å². The lowest BCUT2D eigenvalue weighted by Gasteiger charge is -2.38. The zero-order valence-electron chi connectivity index (χ0n) is 14.0. The maximum Gasteiger partial charge on any atom is 0.0735 e. The van der Waals surface area contributed by atoms with Crippen molar-refractivity contribution < 1.29 is 10.2 Å². The van der Waals surface area contributed by atoms with Gasteiger partial charge in [0.2, 0.25) is 0 Å². The van der Waals surface area contributed by atoms with Gasteiger partial charge in [0.1, 0.15) is 0 Å². The van der Waals surface area contributed by atoms with E-state index < -0.39 is 0 Å². The van der Waals surface area contributed by atoms with Crippen LogP contribution in [0.5, 0.6) is 0 Å². The van der Waals surface area contributed by atoms with Crippen molar-refractivity contribution in [3.63, 3.8) is 0 Å². The Kier molecular flexibility index (Phi) is 7.76. The molecule has 2 aliphatic rings. The minimum Gasteiger partial charge on any atom is -0.395 e. The van der Waals surface area contributed by atoms with Crippen LogP contribution in [0.25, 0.3) is 0 Å². The summed E-state index contributed by atoms with van der Waals surface area (Å²) in [4.78, 5) is 2.23. The predicted octanol–water partition coefficient (Wildman–Crippen LogP) is 2.62. The molecule has 128 valence electrons. The highest BCUT2D eigenvalue weighted by molar-refractivity contribution is 4.87. The standard InChI is InChI=1S/C17H33N3O2/c1-14-13-16(20(9-11-21)10-12-22)7-8-17(14)19-18-15-5-3-2-4-6-15/h14-17,21-22H,2-13H2,1H3. The average molecular weight is 311 g/mol. The number of nitrogens with zero attached hydrogens (tertiary/aromatic N) is 3. The first-order valence-electron chi connectivity index (χ1n) is 9.10. The van der Waals surface area contributed by atoms with E-state index in [0.717, 1.165) is 19.3 Å². The van der Waals surface area contributed by atoms with Crippen molar-refractivity contribution in [1.29, 1.82) is 0 Å². The third-order valence-corrected chi connectivity index (χ3v) is 5.34. The van der Waals surface area contributed by atoms with Crippen LogP contribution in [0.1, 0.15) is 58.3 Å². The highest BCUT2D eigenvalue weighted by Crippen LogP contribution is 2.31. The van der Waals surface area contributed by atoms with Crippen molar-refractivity contribution in [1.82, 2.24) is 4.90 Å². The number of azo groups is 1. The molecular formula is C17H33N3O2. The average Bonchev–Trinajstić information content (AvgIpc) is 2.54. The number of aliphatic hydroxyl groups excluding tert-OH is 2. The summed E-state index contributed by atoms with van der Waals surface area (Å²) in [6.07, 6.45) is 9.68.